The molecule has 0 spiro atoms. The molecule has 0 bridgehead atoms. The highest BCUT2D eigenvalue weighted by Gasteiger charge is 2.21. The first kappa shape index (κ1) is 17.2. The van der Waals surface area contributed by atoms with Gasteiger partial charge in [0.05, 0.1) is 12.6 Å². The minimum absolute atomic E-state index is 0.710. The quantitative estimate of drug-likeness (QED) is 0.654. The van der Waals surface area contributed by atoms with Gasteiger partial charge in [-0.3, -0.25) is 4.90 Å². The van der Waals surface area contributed by atoms with Crippen LogP contribution >= 0.6 is 15.9 Å². The summed E-state index contributed by atoms with van der Waals surface area (Å²) < 4.78 is 6.41. The normalized spacial score (nSPS) is 15.4. The van der Waals surface area contributed by atoms with Crippen LogP contribution in [-0.4, -0.2) is 53.1 Å². The third kappa shape index (κ3) is 3.50. The first-order valence-corrected chi connectivity index (χ1v) is 9.39. The van der Waals surface area contributed by atoms with Crippen LogP contribution in [0, 0.1) is 0 Å². The number of ether oxygens (including phenoxy) is 1. The molecule has 0 radical (unpaired) electrons. The Morgan fingerprint density at radius 2 is 1.92 bits per heavy atom. The summed E-state index contributed by atoms with van der Waals surface area (Å²) in [6, 6.07) is 10.2. The van der Waals surface area contributed by atoms with Gasteiger partial charge in [-0.05, 0) is 24.3 Å². The van der Waals surface area contributed by atoms with Gasteiger partial charge in [0.2, 0.25) is 5.88 Å². The minimum Gasteiger partial charge on any atom is -0.481 e. The van der Waals surface area contributed by atoms with Gasteiger partial charge >= 0.3 is 0 Å². The van der Waals surface area contributed by atoms with Crippen molar-refractivity contribution in [1.82, 2.24) is 19.9 Å². The van der Waals surface area contributed by atoms with Crippen molar-refractivity contribution in [2.24, 2.45) is 0 Å². The van der Waals surface area contributed by atoms with Gasteiger partial charge in [0, 0.05) is 54.3 Å². The zero-order valence-corrected chi connectivity index (χ0v) is 16.2. The van der Waals surface area contributed by atoms with Crippen molar-refractivity contribution < 1.29 is 4.74 Å². The zero-order chi connectivity index (χ0) is 17.9. The van der Waals surface area contributed by atoms with E-state index in [1.165, 1.54) is 0 Å². The molecule has 0 amide bonds. The number of fused-ring (bicyclic) bond motifs is 1. The van der Waals surface area contributed by atoms with E-state index < -0.39 is 0 Å². The van der Waals surface area contributed by atoms with Gasteiger partial charge in [-0.15, -0.1) is 0 Å². The smallest absolute Gasteiger partial charge is 0.217 e. The molecule has 1 fully saturated rings. The predicted octanol–water partition coefficient (Wildman–Crippen LogP) is 3.12. The lowest BCUT2D eigenvalue weighted by atomic mass is 10.2. The standard InChI is InChI=1S/C19H20BrN5O/c1-26-19-14(3-2-6-21-19)12-24-7-9-25(10-8-24)18-16-11-15(20)4-5-17(16)22-13-23-18/h2-6,11,13H,7-10,12H2,1H3. The minimum atomic E-state index is 0.710. The molecule has 1 aromatic carbocycles. The second-order valence-corrected chi connectivity index (χ2v) is 7.21. The Kier molecular flexibility index (Phi) is 4.99. The summed E-state index contributed by atoms with van der Waals surface area (Å²) in [4.78, 5) is 18.0. The lowest BCUT2D eigenvalue weighted by Crippen LogP contribution is -2.46. The van der Waals surface area contributed by atoms with Crippen molar-refractivity contribution in [3.05, 3.63) is 52.9 Å². The summed E-state index contributed by atoms with van der Waals surface area (Å²) in [7, 11) is 1.67. The monoisotopic (exact) mass is 413 g/mol. The number of hydrogen-bond acceptors (Lipinski definition) is 6. The Balaban J connectivity index is 1.48. The molecule has 1 aliphatic heterocycles. The molecule has 26 heavy (non-hydrogen) atoms. The molecular weight excluding hydrogens is 394 g/mol. The number of nitrogens with zero attached hydrogens (tertiary/aromatic N) is 5. The Morgan fingerprint density at radius 1 is 1.08 bits per heavy atom. The predicted molar refractivity (Wildman–Crippen MR) is 106 cm³/mol. The van der Waals surface area contributed by atoms with Crippen LogP contribution in [-0.2, 0) is 6.54 Å². The first-order chi connectivity index (χ1) is 12.7. The number of aromatic nitrogens is 3. The Morgan fingerprint density at radius 3 is 2.73 bits per heavy atom. The van der Waals surface area contributed by atoms with E-state index in [0.29, 0.717) is 5.88 Å². The van der Waals surface area contributed by atoms with Crippen LogP contribution in [0.4, 0.5) is 5.82 Å². The van der Waals surface area contributed by atoms with Crippen molar-refractivity contribution in [2.75, 3.05) is 38.2 Å². The summed E-state index contributed by atoms with van der Waals surface area (Å²) in [5, 5.41) is 1.09. The Labute approximate surface area is 161 Å². The summed E-state index contributed by atoms with van der Waals surface area (Å²) >= 11 is 3.55. The van der Waals surface area contributed by atoms with Crippen molar-refractivity contribution in [1.29, 1.82) is 0 Å². The molecule has 7 heteroatoms. The first-order valence-electron chi connectivity index (χ1n) is 8.60. The molecule has 1 aliphatic rings. The van der Waals surface area contributed by atoms with E-state index >= 15 is 0 Å². The number of piperazine rings is 1. The third-order valence-corrected chi connectivity index (χ3v) is 5.18. The molecular formula is C19H20BrN5O. The van der Waals surface area contributed by atoms with Gasteiger partial charge in [0.1, 0.15) is 12.1 Å². The van der Waals surface area contributed by atoms with Crippen LogP contribution in [0.25, 0.3) is 10.9 Å². The van der Waals surface area contributed by atoms with E-state index in [4.69, 9.17) is 4.74 Å². The second-order valence-electron chi connectivity index (χ2n) is 6.29. The average Bonchev–Trinajstić information content (AvgIpc) is 2.68. The molecule has 0 aliphatic carbocycles. The van der Waals surface area contributed by atoms with Crippen molar-refractivity contribution in [3.8, 4) is 5.88 Å². The SMILES string of the molecule is COc1ncccc1CN1CCN(c2ncnc3ccc(Br)cc23)CC1. The summed E-state index contributed by atoms with van der Waals surface area (Å²) in [5.41, 5.74) is 2.10. The van der Waals surface area contributed by atoms with Gasteiger partial charge < -0.3 is 9.64 Å². The topological polar surface area (TPSA) is 54.4 Å². The van der Waals surface area contributed by atoms with E-state index in [0.717, 1.165) is 59.5 Å². The van der Waals surface area contributed by atoms with Gasteiger partial charge in [0.15, 0.2) is 0 Å². The highest BCUT2D eigenvalue weighted by molar-refractivity contribution is 9.10. The molecule has 3 aromatic rings. The lowest BCUT2D eigenvalue weighted by molar-refractivity contribution is 0.244. The maximum absolute atomic E-state index is 5.37. The fourth-order valence-electron chi connectivity index (χ4n) is 3.35. The molecule has 134 valence electrons. The number of pyridine rings is 1. The third-order valence-electron chi connectivity index (χ3n) is 4.69. The van der Waals surface area contributed by atoms with Gasteiger partial charge in [0.25, 0.3) is 0 Å². The number of rotatable bonds is 4. The number of methoxy groups -OCH3 is 1. The molecule has 0 atom stereocenters. The molecule has 6 nitrogen and oxygen atoms in total. The molecule has 4 rings (SSSR count). The van der Waals surface area contributed by atoms with E-state index in [-0.39, 0.29) is 0 Å². The molecule has 0 N–H and O–H groups in total. The van der Waals surface area contributed by atoms with Crippen LogP contribution in [0.5, 0.6) is 5.88 Å². The summed E-state index contributed by atoms with van der Waals surface area (Å²) in [5.74, 6) is 1.72. The van der Waals surface area contributed by atoms with Gasteiger partial charge in [-0.1, -0.05) is 22.0 Å². The van der Waals surface area contributed by atoms with Crippen LogP contribution in [0.1, 0.15) is 5.56 Å². The van der Waals surface area contributed by atoms with Crippen LogP contribution in [0.3, 0.4) is 0 Å². The molecule has 0 unspecified atom stereocenters. The van der Waals surface area contributed by atoms with Crippen LogP contribution < -0.4 is 9.64 Å². The second kappa shape index (κ2) is 7.55. The van der Waals surface area contributed by atoms with Gasteiger partial charge in [-0.25, -0.2) is 15.0 Å². The number of hydrogen-bond donors (Lipinski definition) is 0. The molecule has 1 saturated heterocycles. The average molecular weight is 414 g/mol. The van der Waals surface area contributed by atoms with E-state index in [9.17, 15) is 0 Å². The summed E-state index contributed by atoms with van der Waals surface area (Å²) in [6.07, 6.45) is 3.41. The molecule has 3 heterocycles. The number of halogens is 1. The number of anilines is 1. The molecule has 2 aromatic heterocycles. The maximum Gasteiger partial charge on any atom is 0.217 e. The van der Waals surface area contributed by atoms with Gasteiger partial charge in [-0.2, -0.15) is 0 Å². The Bertz CT molecular complexity index is 911. The maximum atomic E-state index is 5.37. The highest BCUT2D eigenvalue weighted by atomic mass is 79.9. The van der Waals surface area contributed by atoms with E-state index in [1.807, 2.05) is 18.2 Å². The fourth-order valence-corrected chi connectivity index (χ4v) is 3.72. The largest absolute Gasteiger partial charge is 0.481 e. The highest BCUT2D eigenvalue weighted by Crippen LogP contribution is 2.27. The van der Waals surface area contributed by atoms with Crippen LogP contribution in [0.15, 0.2) is 47.3 Å². The van der Waals surface area contributed by atoms with Crippen molar-refractivity contribution in [3.63, 3.8) is 0 Å². The fraction of sp³-hybridized carbons (Fsp3) is 0.316. The van der Waals surface area contributed by atoms with Crippen molar-refractivity contribution >= 4 is 32.7 Å². The van der Waals surface area contributed by atoms with Crippen molar-refractivity contribution in [2.45, 2.75) is 6.54 Å². The molecule has 0 saturated carbocycles. The zero-order valence-electron chi connectivity index (χ0n) is 14.6. The van der Waals surface area contributed by atoms with Crippen LogP contribution in [0.2, 0.25) is 0 Å². The summed E-state index contributed by atoms with van der Waals surface area (Å²) in [6.45, 7) is 4.65. The lowest BCUT2D eigenvalue weighted by Gasteiger charge is -2.35. The van der Waals surface area contributed by atoms with E-state index in [2.05, 4.69) is 52.8 Å². The number of benzene rings is 1. The van der Waals surface area contributed by atoms with E-state index in [1.54, 1.807) is 19.6 Å². The Hall–Kier alpha value is -2.25.